The summed E-state index contributed by atoms with van der Waals surface area (Å²) in [4.78, 5) is 4.46. The van der Waals surface area contributed by atoms with Gasteiger partial charge in [-0.2, -0.15) is 34.0 Å². The Morgan fingerprint density at radius 2 is 1.02 bits per heavy atom. The summed E-state index contributed by atoms with van der Waals surface area (Å²) < 4.78 is 0. The second kappa shape index (κ2) is 30.3. The number of aryl methyl sites for hydroxylation is 4. The molecule has 0 nitrogen and oxygen atoms in total. The molecule has 0 aliphatic heterocycles. The smallest absolute Gasteiger partial charge is 0.00706 e. The van der Waals surface area contributed by atoms with E-state index in [9.17, 15) is 0 Å². The predicted octanol–water partition coefficient (Wildman–Crippen LogP) is 16.4. The average molecular weight is 745 g/mol. The Labute approximate surface area is 313 Å². The normalized spacial score (nSPS) is 9.57. The van der Waals surface area contributed by atoms with Gasteiger partial charge in [0.2, 0.25) is 0 Å². The Morgan fingerprint density at radius 3 is 1.32 bits per heavy atom. The quantitative estimate of drug-likeness (QED) is 0.146. The van der Waals surface area contributed by atoms with Crippen LogP contribution >= 0.6 is 68.0 Å². The molecule has 0 spiro atoms. The maximum Gasteiger partial charge on any atom is 0.00706 e. The molecule has 0 radical (unpaired) electrons. The van der Waals surface area contributed by atoms with Crippen molar-refractivity contribution >= 4 is 68.0 Å². The van der Waals surface area contributed by atoms with Gasteiger partial charge in [-0.1, -0.05) is 93.9 Å². The first kappa shape index (κ1) is 45.2. The standard InChI is InChI=1S/4C7H10S.2C6H8S.CH4/c1-6(2)7-3-4-8-5-7;1-6(2)7-4-3-5-8-7;1-2-4-7-5-3-6-8-7;1-2-3-7-4-5-8-6-7;1-2-6-3-4-7-5-6;1-2-6-4-3-5-7-6;/h2*3-6H,1-2H3;3,5-6H,2,4H2,1H3;4-6H,2-3H2,1H3;2*3-5H,2H2,1H3;1H4. The molecular formula is C41H60S6. The summed E-state index contributed by atoms with van der Waals surface area (Å²) in [5.74, 6) is 1.40. The molecule has 260 valence electrons. The van der Waals surface area contributed by atoms with Gasteiger partial charge in [-0.3, -0.25) is 0 Å². The average Bonchev–Trinajstić information content (AvgIpc) is 3.90. The van der Waals surface area contributed by atoms with Crippen molar-refractivity contribution in [1.29, 1.82) is 0 Å². The Hall–Kier alpha value is -1.80. The molecule has 6 rings (SSSR count). The van der Waals surface area contributed by atoms with Gasteiger partial charge in [0.1, 0.15) is 0 Å². The van der Waals surface area contributed by atoms with E-state index in [1.807, 2.05) is 34.0 Å². The minimum Gasteiger partial charge on any atom is -0.152 e. The van der Waals surface area contributed by atoms with Crippen molar-refractivity contribution in [2.24, 2.45) is 0 Å². The lowest BCUT2D eigenvalue weighted by Crippen LogP contribution is -1.79. The van der Waals surface area contributed by atoms with Crippen LogP contribution in [0.25, 0.3) is 0 Å². The van der Waals surface area contributed by atoms with E-state index in [0.717, 1.165) is 0 Å². The van der Waals surface area contributed by atoms with E-state index in [-0.39, 0.29) is 7.43 Å². The van der Waals surface area contributed by atoms with Crippen molar-refractivity contribution in [2.75, 3.05) is 0 Å². The Kier molecular flexibility index (Phi) is 29.1. The number of rotatable bonds is 8. The van der Waals surface area contributed by atoms with Gasteiger partial charge < -0.3 is 0 Å². The molecule has 0 atom stereocenters. The Balaban J connectivity index is 0.000000538. The first-order valence-electron chi connectivity index (χ1n) is 16.5. The van der Waals surface area contributed by atoms with Gasteiger partial charge in [-0.25, -0.2) is 0 Å². The third-order valence-corrected chi connectivity index (χ3v) is 11.7. The van der Waals surface area contributed by atoms with Crippen LogP contribution in [0.2, 0.25) is 0 Å². The zero-order valence-electron chi connectivity index (χ0n) is 29.2. The molecular weight excluding hydrogens is 685 g/mol. The molecule has 0 bridgehead atoms. The van der Waals surface area contributed by atoms with E-state index in [4.69, 9.17) is 0 Å². The van der Waals surface area contributed by atoms with Crippen LogP contribution in [-0.4, -0.2) is 0 Å². The molecule has 0 unspecified atom stereocenters. The summed E-state index contributed by atoms with van der Waals surface area (Å²) in [5, 5.41) is 19.3. The molecule has 0 aliphatic carbocycles. The van der Waals surface area contributed by atoms with Crippen LogP contribution in [0.4, 0.5) is 0 Å². The van der Waals surface area contributed by atoms with E-state index in [2.05, 4.69) is 158 Å². The van der Waals surface area contributed by atoms with Crippen LogP contribution in [-0.2, 0) is 25.7 Å². The van der Waals surface area contributed by atoms with E-state index in [0.29, 0.717) is 11.8 Å². The highest BCUT2D eigenvalue weighted by Gasteiger charge is 1.96. The molecule has 0 saturated heterocycles. The van der Waals surface area contributed by atoms with Crippen molar-refractivity contribution in [3.8, 4) is 0 Å². The van der Waals surface area contributed by atoms with Crippen molar-refractivity contribution < 1.29 is 0 Å². The van der Waals surface area contributed by atoms with Crippen LogP contribution in [0.5, 0.6) is 0 Å². The minimum atomic E-state index is 0. The van der Waals surface area contributed by atoms with Gasteiger partial charge in [0.15, 0.2) is 0 Å². The zero-order valence-corrected chi connectivity index (χ0v) is 34.1. The van der Waals surface area contributed by atoms with Crippen LogP contribution in [0.3, 0.4) is 0 Å². The maximum atomic E-state index is 2.21. The van der Waals surface area contributed by atoms with Crippen molar-refractivity contribution in [1.82, 2.24) is 0 Å². The zero-order chi connectivity index (χ0) is 33.8. The fourth-order valence-corrected chi connectivity index (χ4v) is 8.14. The van der Waals surface area contributed by atoms with Gasteiger partial charge in [0, 0.05) is 14.6 Å². The van der Waals surface area contributed by atoms with Crippen LogP contribution < -0.4 is 0 Å². The monoisotopic (exact) mass is 744 g/mol. The number of hydrogen-bond acceptors (Lipinski definition) is 6. The highest BCUT2D eigenvalue weighted by Crippen LogP contribution is 2.19. The van der Waals surface area contributed by atoms with Crippen LogP contribution in [0.1, 0.15) is 119 Å². The summed E-state index contributed by atoms with van der Waals surface area (Å²) in [6, 6.07) is 19.3. The largest absolute Gasteiger partial charge is 0.152 e. The van der Waals surface area contributed by atoms with E-state index >= 15 is 0 Å². The van der Waals surface area contributed by atoms with Gasteiger partial charge in [-0.15, -0.1) is 34.0 Å². The van der Waals surface area contributed by atoms with Gasteiger partial charge >= 0.3 is 0 Å². The molecule has 6 aromatic heterocycles. The molecule has 0 aromatic carbocycles. The molecule has 6 heteroatoms. The molecule has 6 heterocycles. The van der Waals surface area contributed by atoms with Gasteiger partial charge in [0.25, 0.3) is 0 Å². The number of hydrogen-bond donors (Lipinski definition) is 0. The molecule has 0 saturated carbocycles. The summed E-state index contributed by atoms with van der Waals surface area (Å²) in [7, 11) is 0. The Morgan fingerprint density at radius 1 is 0.489 bits per heavy atom. The van der Waals surface area contributed by atoms with Crippen LogP contribution in [0.15, 0.2) is 103 Å². The Bertz CT molecular complexity index is 1230. The fraction of sp³-hybridized carbons (Fsp3) is 0.415. The van der Waals surface area contributed by atoms with E-state index < -0.39 is 0 Å². The summed E-state index contributed by atoms with van der Waals surface area (Å²) in [6.45, 7) is 17.6. The van der Waals surface area contributed by atoms with Crippen molar-refractivity contribution in [3.05, 3.63) is 134 Å². The molecule has 0 amide bonds. The molecule has 47 heavy (non-hydrogen) atoms. The second-order valence-electron chi connectivity index (χ2n) is 11.0. The summed E-state index contributed by atoms with van der Waals surface area (Å²) in [5.41, 5.74) is 4.39. The third-order valence-electron chi connectivity index (χ3n) is 6.43. The lowest BCUT2D eigenvalue weighted by atomic mass is 10.1. The summed E-state index contributed by atoms with van der Waals surface area (Å²) >= 11 is 10.8. The van der Waals surface area contributed by atoms with Gasteiger partial charge in [-0.05, 0) is 139 Å². The number of thiophene rings is 6. The van der Waals surface area contributed by atoms with Gasteiger partial charge in [0.05, 0.1) is 0 Å². The fourth-order valence-electron chi connectivity index (χ4n) is 3.66. The SMILES string of the molecule is C.CC(C)c1cccs1.CC(C)c1ccsc1.CCCc1cccs1.CCCc1ccsc1.CCc1cccs1.CCc1ccsc1. The molecule has 0 aliphatic rings. The molecule has 0 fully saturated rings. The molecule has 6 aromatic rings. The van der Waals surface area contributed by atoms with Crippen LogP contribution in [0, 0.1) is 0 Å². The predicted molar refractivity (Wildman–Crippen MR) is 228 cm³/mol. The van der Waals surface area contributed by atoms with E-state index in [1.165, 1.54) is 69.8 Å². The summed E-state index contributed by atoms with van der Waals surface area (Å²) in [6.07, 6.45) is 7.36. The second-order valence-corrected chi connectivity index (χ2v) is 16.4. The van der Waals surface area contributed by atoms with E-state index in [1.54, 1.807) is 34.0 Å². The third kappa shape index (κ3) is 23.2. The lowest BCUT2D eigenvalue weighted by Gasteiger charge is -1.96. The highest BCUT2D eigenvalue weighted by molar-refractivity contribution is 7.10. The minimum absolute atomic E-state index is 0. The topological polar surface area (TPSA) is 0 Å². The first-order chi connectivity index (χ1) is 22.3. The molecule has 0 N–H and O–H groups in total. The van der Waals surface area contributed by atoms with Crippen molar-refractivity contribution in [3.63, 3.8) is 0 Å². The highest BCUT2D eigenvalue weighted by atomic mass is 32.1. The maximum absolute atomic E-state index is 2.21. The lowest BCUT2D eigenvalue weighted by molar-refractivity contribution is 0.872. The first-order valence-corrected chi connectivity index (χ1v) is 21.9. The van der Waals surface area contributed by atoms with Crippen molar-refractivity contribution in [2.45, 2.75) is 113 Å².